The molecule has 0 N–H and O–H groups in total. The predicted molar refractivity (Wildman–Crippen MR) is 54.8 cm³/mol. The molecule has 0 aromatic heterocycles. The summed E-state index contributed by atoms with van der Waals surface area (Å²) in [4.78, 5) is 0. The van der Waals surface area contributed by atoms with Crippen LogP contribution in [0.2, 0.25) is 0 Å². The van der Waals surface area contributed by atoms with Gasteiger partial charge >= 0.3 is 0 Å². The van der Waals surface area contributed by atoms with Gasteiger partial charge < -0.3 is 4.74 Å². The van der Waals surface area contributed by atoms with E-state index in [-0.39, 0.29) is 15.4 Å². The van der Waals surface area contributed by atoms with E-state index in [1.807, 2.05) is 0 Å². The topological polar surface area (TPSA) is 9.23 Å². The predicted octanol–water partition coefficient (Wildman–Crippen LogP) is 3.36. The molecule has 0 amide bonds. The molecule has 0 saturated heterocycles. The van der Waals surface area contributed by atoms with Gasteiger partial charge in [0.25, 0.3) is 0 Å². The second-order valence-corrected chi connectivity index (χ2v) is 3.92. The van der Waals surface area contributed by atoms with Gasteiger partial charge in [0.05, 0.1) is 9.67 Å². The monoisotopic (exact) mass is 298 g/mol. The zero-order chi connectivity index (χ0) is 10.0. The van der Waals surface area contributed by atoms with Crippen molar-refractivity contribution in [1.82, 2.24) is 0 Å². The highest BCUT2D eigenvalue weighted by Gasteiger charge is 2.12. The van der Waals surface area contributed by atoms with Crippen LogP contribution in [0.25, 0.3) is 0 Å². The maximum absolute atomic E-state index is 13.3. The maximum atomic E-state index is 13.3. The van der Waals surface area contributed by atoms with Crippen molar-refractivity contribution < 1.29 is 13.5 Å². The molecule has 1 aromatic carbocycles. The van der Waals surface area contributed by atoms with Gasteiger partial charge in [-0.1, -0.05) is 0 Å². The zero-order valence-electron chi connectivity index (χ0n) is 7.27. The second-order valence-electron chi connectivity index (χ2n) is 2.84. The molecule has 1 aromatic rings. The standard InChI is InChI=1S/C9H9F2IO/c1-5(2)13-7-4-3-6(10)9(12)8(7)11/h3-5H,1-2H3. The molecule has 72 valence electrons. The van der Waals surface area contributed by atoms with E-state index >= 15 is 0 Å². The van der Waals surface area contributed by atoms with E-state index in [2.05, 4.69) is 0 Å². The van der Waals surface area contributed by atoms with Crippen molar-refractivity contribution in [2.45, 2.75) is 20.0 Å². The summed E-state index contributed by atoms with van der Waals surface area (Å²) < 4.78 is 31.1. The third-order valence-electron chi connectivity index (χ3n) is 1.36. The number of hydrogen-bond acceptors (Lipinski definition) is 1. The summed E-state index contributed by atoms with van der Waals surface area (Å²) in [6.45, 7) is 3.57. The van der Waals surface area contributed by atoms with Gasteiger partial charge in [-0.3, -0.25) is 0 Å². The zero-order valence-corrected chi connectivity index (χ0v) is 9.43. The molecular weight excluding hydrogens is 289 g/mol. The van der Waals surface area contributed by atoms with Crippen LogP contribution in [0.15, 0.2) is 12.1 Å². The van der Waals surface area contributed by atoms with Gasteiger partial charge in [-0.15, -0.1) is 0 Å². The third-order valence-corrected chi connectivity index (χ3v) is 2.35. The Kier molecular flexibility index (Phi) is 3.47. The second kappa shape index (κ2) is 4.21. The first kappa shape index (κ1) is 10.7. The van der Waals surface area contributed by atoms with E-state index in [1.54, 1.807) is 36.4 Å². The molecule has 1 rings (SSSR count). The summed E-state index contributed by atoms with van der Waals surface area (Å²) in [5, 5.41) is 0. The van der Waals surface area contributed by atoms with Crippen LogP contribution >= 0.6 is 22.6 Å². The van der Waals surface area contributed by atoms with Gasteiger partial charge in [0.1, 0.15) is 5.82 Å². The molecule has 0 aliphatic carbocycles. The van der Waals surface area contributed by atoms with Crippen molar-refractivity contribution in [3.05, 3.63) is 27.3 Å². The lowest BCUT2D eigenvalue weighted by Crippen LogP contribution is -2.08. The number of hydrogen-bond donors (Lipinski definition) is 0. The Morgan fingerprint density at radius 2 is 1.92 bits per heavy atom. The molecule has 0 saturated carbocycles. The molecule has 4 heteroatoms. The van der Waals surface area contributed by atoms with Gasteiger partial charge in [0.2, 0.25) is 0 Å². The SMILES string of the molecule is CC(C)Oc1ccc(F)c(I)c1F. The van der Waals surface area contributed by atoms with Crippen molar-refractivity contribution in [2.75, 3.05) is 0 Å². The van der Waals surface area contributed by atoms with Crippen molar-refractivity contribution in [1.29, 1.82) is 0 Å². The Morgan fingerprint density at radius 1 is 1.31 bits per heavy atom. The molecular formula is C9H9F2IO. The van der Waals surface area contributed by atoms with E-state index in [0.29, 0.717) is 0 Å². The fourth-order valence-electron chi connectivity index (χ4n) is 0.853. The van der Waals surface area contributed by atoms with Crippen LogP contribution in [0.1, 0.15) is 13.8 Å². The van der Waals surface area contributed by atoms with E-state index in [4.69, 9.17) is 4.74 Å². The molecule has 0 heterocycles. The molecule has 0 spiro atoms. The smallest absolute Gasteiger partial charge is 0.181 e. The van der Waals surface area contributed by atoms with Gasteiger partial charge in [0.15, 0.2) is 11.6 Å². The first-order valence-corrected chi connectivity index (χ1v) is 4.90. The van der Waals surface area contributed by atoms with Crippen molar-refractivity contribution in [3.8, 4) is 5.75 Å². The number of benzene rings is 1. The van der Waals surface area contributed by atoms with Crippen LogP contribution in [0.3, 0.4) is 0 Å². The molecule has 13 heavy (non-hydrogen) atoms. The van der Waals surface area contributed by atoms with Crippen molar-refractivity contribution >= 4 is 22.6 Å². The average Bonchev–Trinajstić information content (AvgIpc) is 2.06. The molecule has 0 aliphatic heterocycles. The van der Waals surface area contributed by atoms with Crippen LogP contribution in [0.5, 0.6) is 5.75 Å². The Labute approximate surface area is 89.2 Å². The minimum atomic E-state index is -0.630. The minimum Gasteiger partial charge on any atom is -0.488 e. The highest BCUT2D eigenvalue weighted by molar-refractivity contribution is 14.1. The van der Waals surface area contributed by atoms with Crippen LogP contribution in [0.4, 0.5) is 8.78 Å². The van der Waals surface area contributed by atoms with E-state index in [1.165, 1.54) is 12.1 Å². The number of rotatable bonds is 2. The van der Waals surface area contributed by atoms with E-state index in [0.717, 1.165) is 0 Å². The first-order chi connectivity index (χ1) is 6.02. The van der Waals surface area contributed by atoms with Crippen molar-refractivity contribution in [3.63, 3.8) is 0 Å². The Balaban J connectivity index is 3.04. The maximum Gasteiger partial charge on any atom is 0.181 e. The molecule has 0 fully saturated rings. The summed E-state index contributed by atoms with van der Waals surface area (Å²) >= 11 is 1.61. The average molecular weight is 298 g/mol. The van der Waals surface area contributed by atoms with E-state index in [9.17, 15) is 8.78 Å². The molecule has 0 atom stereocenters. The van der Waals surface area contributed by atoms with Crippen LogP contribution in [0, 0.1) is 15.2 Å². The van der Waals surface area contributed by atoms with Crippen LogP contribution in [-0.4, -0.2) is 6.10 Å². The Hall–Kier alpha value is -0.390. The molecule has 1 nitrogen and oxygen atoms in total. The summed E-state index contributed by atoms with van der Waals surface area (Å²) in [7, 11) is 0. The lowest BCUT2D eigenvalue weighted by molar-refractivity contribution is 0.230. The third kappa shape index (κ3) is 2.52. The van der Waals surface area contributed by atoms with Gasteiger partial charge in [-0.25, -0.2) is 8.78 Å². The Morgan fingerprint density at radius 3 is 2.46 bits per heavy atom. The fourth-order valence-corrected chi connectivity index (χ4v) is 1.30. The van der Waals surface area contributed by atoms with E-state index < -0.39 is 11.6 Å². The summed E-state index contributed by atoms with van der Waals surface area (Å²) in [6, 6.07) is 2.50. The lowest BCUT2D eigenvalue weighted by atomic mass is 10.3. The highest BCUT2D eigenvalue weighted by atomic mass is 127. The van der Waals surface area contributed by atoms with Gasteiger partial charge in [0, 0.05) is 0 Å². The lowest BCUT2D eigenvalue weighted by Gasteiger charge is -2.11. The van der Waals surface area contributed by atoms with Crippen LogP contribution < -0.4 is 4.74 Å². The number of ether oxygens (including phenoxy) is 1. The summed E-state index contributed by atoms with van der Waals surface area (Å²) in [5.41, 5.74) is 0. The molecule has 0 unspecified atom stereocenters. The summed E-state index contributed by atoms with van der Waals surface area (Å²) in [5.74, 6) is -1.09. The highest BCUT2D eigenvalue weighted by Crippen LogP contribution is 2.25. The fraction of sp³-hybridized carbons (Fsp3) is 0.333. The quantitative estimate of drug-likeness (QED) is 0.601. The molecule has 0 bridgehead atoms. The molecule has 0 radical (unpaired) electrons. The van der Waals surface area contributed by atoms with Gasteiger partial charge in [-0.2, -0.15) is 0 Å². The number of halogens is 3. The minimum absolute atomic E-state index is 0.0317. The van der Waals surface area contributed by atoms with Crippen molar-refractivity contribution in [2.24, 2.45) is 0 Å². The normalized spacial score (nSPS) is 10.6. The van der Waals surface area contributed by atoms with Gasteiger partial charge in [-0.05, 0) is 48.6 Å². The summed E-state index contributed by atoms with van der Waals surface area (Å²) in [6.07, 6.45) is -0.115. The first-order valence-electron chi connectivity index (χ1n) is 3.82. The Bertz CT molecular complexity index is 313. The van der Waals surface area contributed by atoms with Crippen LogP contribution in [-0.2, 0) is 0 Å². The molecule has 0 aliphatic rings. The largest absolute Gasteiger partial charge is 0.488 e.